The molecule has 29 heavy (non-hydrogen) atoms. The first kappa shape index (κ1) is 21.4. The summed E-state index contributed by atoms with van der Waals surface area (Å²) in [6.45, 7) is 1.87. The number of nitrogens with two attached hydrogens (primary N) is 1. The molecule has 3 rings (SSSR count). The van der Waals surface area contributed by atoms with Gasteiger partial charge in [0, 0.05) is 46.4 Å². The van der Waals surface area contributed by atoms with Crippen molar-refractivity contribution in [2.75, 3.05) is 18.8 Å². The van der Waals surface area contributed by atoms with Gasteiger partial charge in [-0.05, 0) is 44.1 Å². The summed E-state index contributed by atoms with van der Waals surface area (Å²) in [5.41, 5.74) is 7.55. The third-order valence-electron chi connectivity index (χ3n) is 4.70. The van der Waals surface area contributed by atoms with Crippen LogP contribution in [0.1, 0.15) is 24.0 Å². The Kier molecular flexibility index (Phi) is 7.30. The van der Waals surface area contributed by atoms with E-state index in [2.05, 4.69) is 15.6 Å². The molecule has 0 amide bonds. The number of allylic oxidation sites excluding steroid dienone is 1. The topological polar surface area (TPSA) is 96.1 Å². The van der Waals surface area contributed by atoms with Crippen molar-refractivity contribution in [1.82, 2.24) is 15.6 Å². The molecular weight excluding hydrogens is 416 g/mol. The van der Waals surface area contributed by atoms with Gasteiger partial charge < -0.3 is 26.5 Å². The molecule has 1 fully saturated rings. The molecule has 1 saturated heterocycles. The van der Waals surface area contributed by atoms with Crippen molar-refractivity contribution in [1.29, 1.82) is 5.41 Å². The second kappa shape index (κ2) is 9.91. The number of piperidine rings is 1. The van der Waals surface area contributed by atoms with Crippen LogP contribution < -0.4 is 21.1 Å². The molecule has 0 atom stereocenters. The van der Waals surface area contributed by atoms with Crippen LogP contribution in [-0.2, 0) is 6.61 Å². The molecule has 1 aromatic heterocycles. The third-order valence-corrected chi connectivity index (χ3v) is 5.46. The first-order valence-electron chi connectivity index (χ1n) is 9.18. The van der Waals surface area contributed by atoms with Gasteiger partial charge in [-0.25, -0.2) is 9.37 Å². The van der Waals surface area contributed by atoms with Crippen molar-refractivity contribution in [3.8, 4) is 5.75 Å². The molecule has 0 radical (unpaired) electrons. The number of pyridine rings is 1. The average Bonchev–Trinajstić information content (AvgIpc) is 2.74. The molecule has 0 spiro atoms. The highest BCUT2D eigenvalue weighted by molar-refractivity contribution is 6.36. The van der Waals surface area contributed by atoms with E-state index in [0.717, 1.165) is 25.9 Å². The number of anilines is 1. The number of ether oxygens (including phenoxy) is 1. The fourth-order valence-corrected chi connectivity index (χ4v) is 3.46. The van der Waals surface area contributed by atoms with Crippen molar-refractivity contribution in [2.45, 2.75) is 25.5 Å². The Bertz CT molecular complexity index is 916. The van der Waals surface area contributed by atoms with Crippen molar-refractivity contribution in [3.05, 3.63) is 57.6 Å². The lowest BCUT2D eigenvalue weighted by molar-refractivity contribution is 0.306. The number of rotatable bonds is 7. The predicted molar refractivity (Wildman–Crippen MR) is 115 cm³/mol. The minimum atomic E-state index is -0.576. The van der Waals surface area contributed by atoms with Crippen LogP contribution in [0.5, 0.6) is 5.75 Å². The van der Waals surface area contributed by atoms with Crippen LogP contribution in [0.25, 0.3) is 5.57 Å². The zero-order valence-electron chi connectivity index (χ0n) is 15.6. The first-order chi connectivity index (χ1) is 14.0. The Morgan fingerprint density at radius 3 is 2.86 bits per heavy atom. The maximum Gasteiger partial charge on any atom is 0.166 e. The molecule has 0 unspecified atom stereocenters. The molecule has 2 heterocycles. The van der Waals surface area contributed by atoms with E-state index in [1.54, 1.807) is 18.5 Å². The number of hydrogen-bond donors (Lipinski definition) is 4. The highest BCUT2D eigenvalue weighted by atomic mass is 35.5. The Labute approximate surface area is 178 Å². The van der Waals surface area contributed by atoms with Crippen LogP contribution in [0, 0.1) is 11.2 Å². The number of benzene rings is 1. The Balaban J connectivity index is 1.76. The molecule has 0 aliphatic carbocycles. The van der Waals surface area contributed by atoms with E-state index in [-0.39, 0.29) is 17.4 Å². The second-order valence-corrected chi connectivity index (χ2v) is 7.44. The SMILES string of the molecule is N=C/C(=C\NC1CCNCC1)c1cnc(N)c(OCc2c(Cl)ccc(F)c2Cl)c1. The highest BCUT2D eigenvalue weighted by Crippen LogP contribution is 2.30. The van der Waals surface area contributed by atoms with Gasteiger partial charge in [0.05, 0.1) is 5.02 Å². The molecule has 1 aliphatic heterocycles. The number of aromatic nitrogens is 1. The van der Waals surface area contributed by atoms with Crippen LogP contribution in [0.15, 0.2) is 30.6 Å². The van der Waals surface area contributed by atoms with Gasteiger partial charge in [-0.3, -0.25) is 0 Å². The lowest BCUT2D eigenvalue weighted by Crippen LogP contribution is -2.37. The summed E-state index contributed by atoms with van der Waals surface area (Å²) >= 11 is 12.1. The van der Waals surface area contributed by atoms with E-state index in [1.165, 1.54) is 18.3 Å². The van der Waals surface area contributed by atoms with Gasteiger partial charge in [-0.1, -0.05) is 23.2 Å². The third kappa shape index (κ3) is 5.38. The Morgan fingerprint density at radius 1 is 1.38 bits per heavy atom. The number of nitrogens with zero attached hydrogens (tertiary/aromatic N) is 1. The molecule has 9 heteroatoms. The van der Waals surface area contributed by atoms with Gasteiger partial charge in [0.25, 0.3) is 0 Å². The number of hydrogen-bond acceptors (Lipinski definition) is 6. The van der Waals surface area contributed by atoms with Gasteiger partial charge in [0.1, 0.15) is 12.4 Å². The van der Waals surface area contributed by atoms with Crippen molar-refractivity contribution >= 4 is 40.8 Å². The smallest absolute Gasteiger partial charge is 0.166 e. The summed E-state index contributed by atoms with van der Waals surface area (Å²) < 4.78 is 19.4. The average molecular weight is 438 g/mol. The molecule has 5 N–H and O–H groups in total. The summed E-state index contributed by atoms with van der Waals surface area (Å²) in [4.78, 5) is 4.15. The maximum absolute atomic E-state index is 13.7. The van der Waals surface area contributed by atoms with Crippen LogP contribution in [0.4, 0.5) is 10.2 Å². The Hall–Kier alpha value is -2.35. The van der Waals surface area contributed by atoms with Crippen LogP contribution >= 0.6 is 23.2 Å². The second-order valence-electron chi connectivity index (χ2n) is 6.65. The zero-order valence-corrected chi connectivity index (χ0v) is 17.2. The fourth-order valence-electron chi connectivity index (χ4n) is 2.98. The van der Waals surface area contributed by atoms with Crippen LogP contribution in [-0.4, -0.2) is 30.3 Å². The van der Waals surface area contributed by atoms with Crippen molar-refractivity contribution in [3.63, 3.8) is 0 Å². The summed E-state index contributed by atoms with van der Waals surface area (Å²) in [7, 11) is 0. The lowest BCUT2D eigenvalue weighted by Gasteiger charge is -2.23. The van der Waals surface area contributed by atoms with Gasteiger partial charge >= 0.3 is 0 Å². The summed E-state index contributed by atoms with van der Waals surface area (Å²) in [6.07, 6.45) is 6.66. The normalized spacial score (nSPS) is 15.2. The molecule has 154 valence electrons. The van der Waals surface area contributed by atoms with Crippen molar-refractivity contribution in [2.24, 2.45) is 0 Å². The predicted octanol–water partition coefficient (Wildman–Crippen LogP) is 4.02. The van der Waals surface area contributed by atoms with Gasteiger partial charge in [0.15, 0.2) is 11.6 Å². The van der Waals surface area contributed by atoms with E-state index >= 15 is 0 Å². The van der Waals surface area contributed by atoms with Gasteiger partial charge in [0.2, 0.25) is 0 Å². The molecule has 0 saturated carbocycles. The van der Waals surface area contributed by atoms with Crippen LogP contribution in [0.2, 0.25) is 10.0 Å². The van der Waals surface area contributed by atoms with E-state index in [1.807, 2.05) is 0 Å². The first-order valence-corrected chi connectivity index (χ1v) is 9.93. The quantitative estimate of drug-likeness (QED) is 0.387. The lowest BCUT2D eigenvalue weighted by atomic mass is 10.1. The van der Waals surface area contributed by atoms with Gasteiger partial charge in [-0.2, -0.15) is 0 Å². The van der Waals surface area contributed by atoms with E-state index in [4.69, 9.17) is 39.1 Å². The van der Waals surface area contributed by atoms with E-state index in [9.17, 15) is 4.39 Å². The molecule has 6 nitrogen and oxygen atoms in total. The van der Waals surface area contributed by atoms with E-state index in [0.29, 0.717) is 33.5 Å². The standard InChI is InChI=1S/C20H22Cl2FN5O/c21-16-1-2-17(23)19(22)15(16)11-29-18-7-12(9-28-20(18)25)13(8-24)10-27-14-3-5-26-6-4-14/h1-2,7-10,14,24,26-27H,3-6,11H2,(H2,25,28)/b13-10+,24-8?. The molecule has 0 bridgehead atoms. The van der Waals surface area contributed by atoms with Crippen molar-refractivity contribution < 1.29 is 9.13 Å². The number of nitrogen functional groups attached to an aromatic ring is 1. The minimum absolute atomic E-state index is 0.0677. The summed E-state index contributed by atoms with van der Waals surface area (Å²) in [5, 5.41) is 14.6. The largest absolute Gasteiger partial charge is 0.485 e. The maximum atomic E-state index is 13.7. The highest BCUT2D eigenvalue weighted by Gasteiger charge is 2.14. The minimum Gasteiger partial charge on any atom is -0.485 e. The Morgan fingerprint density at radius 2 is 2.14 bits per heavy atom. The van der Waals surface area contributed by atoms with Crippen LogP contribution in [0.3, 0.4) is 0 Å². The molecule has 1 aromatic carbocycles. The molecular formula is C20H22Cl2FN5O. The summed E-state index contributed by atoms with van der Waals surface area (Å²) in [5.74, 6) is -0.103. The molecule has 2 aromatic rings. The van der Waals surface area contributed by atoms with E-state index < -0.39 is 5.82 Å². The molecule has 1 aliphatic rings. The number of nitrogens with one attached hydrogen (secondary N) is 3. The zero-order chi connectivity index (χ0) is 20.8. The monoisotopic (exact) mass is 437 g/mol. The summed E-state index contributed by atoms with van der Waals surface area (Å²) in [6, 6.07) is 4.66. The fraction of sp³-hybridized carbons (Fsp3) is 0.300. The number of halogens is 3. The van der Waals surface area contributed by atoms with Gasteiger partial charge in [-0.15, -0.1) is 0 Å².